The molecule has 92 valence electrons. The number of nitrogens with zero attached hydrogens (tertiary/aromatic N) is 3. The summed E-state index contributed by atoms with van der Waals surface area (Å²) in [5.74, 6) is 0. The highest BCUT2D eigenvalue weighted by atomic mass is 15.3. The number of benzene rings is 1. The normalized spacial score (nSPS) is 10.4. The van der Waals surface area contributed by atoms with Crippen molar-refractivity contribution in [3.05, 3.63) is 41.7 Å². The average molecular weight is 240 g/mol. The summed E-state index contributed by atoms with van der Waals surface area (Å²) < 4.78 is 1.90. The van der Waals surface area contributed by atoms with E-state index in [0.717, 1.165) is 16.9 Å². The van der Waals surface area contributed by atoms with Crippen LogP contribution in [0.5, 0.6) is 0 Å². The highest BCUT2D eigenvalue weighted by Crippen LogP contribution is 2.20. The van der Waals surface area contributed by atoms with Gasteiger partial charge in [-0.05, 0) is 44.5 Å². The molecule has 0 aliphatic heterocycles. The van der Waals surface area contributed by atoms with Crippen LogP contribution in [-0.4, -0.2) is 9.78 Å². The van der Waals surface area contributed by atoms with Crippen molar-refractivity contribution in [2.75, 3.05) is 5.32 Å². The molecular weight excluding hydrogens is 224 g/mol. The number of hydrogen-bond donors (Lipinski definition) is 1. The van der Waals surface area contributed by atoms with Crippen molar-refractivity contribution in [2.24, 2.45) is 0 Å². The van der Waals surface area contributed by atoms with E-state index < -0.39 is 0 Å². The first kappa shape index (κ1) is 12.2. The second kappa shape index (κ2) is 4.92. The fraction of sp³-hybridized carbons (Fsp3) is 0.286. The number of nitrogens with one attached hydrogen (secondary N) is 1. The highest BCUT2D eigenvalue weighted by Gasteiger charge is 2.03. The Morgan fingerprint density at radius 1 is 1.33 bits per heavy atom. The summed E-state index contributed by atoms with van der Waals surface area (Å²) in [6, 6.07) is 8.20. The maximum atomic E-state index is 8.88. The van der Waals surface area contributed by atoms with Crippen molar-refractivity contribution in [3.8, 4) is 6.07 Å². The van der Waals surface area contributed by atoms with E-state index in [2.05, 4.69) is 30.3 Å². The molecule has 0 spiro atoms. The summed E-state index contributed by atoms with van der Waals surface area (Å²) in [7, 11) is 0. The van der Waals surface area contributed by atoms with E-state index in [1.807, 2.05) is 36.0 Å². The standard InChI is InChI=1S/C14H16N4/c1-10(2)18-9-14(8-16-18)17-13-5-4-12(7-15)11(3)6-13/h4-6,8-10,17H,1-3H3. The summed E-state index contributed by atoms with van der Waals surface area (Å²) in [5, 5.41) is 16.4. The quantitative estimate of drug-likeness (QED) is 0.894. The lowest BCUT2D eigenvalue weighted by molar-refractivity contribution is 0.532. The fourth-order valence-corrected chi connectivity index (χ4v) is 1.72. The Balaban J connectivity index is 2.18. The molecule has 1 aromatic carbocycles. The van der Waals surface area contributed by atoms with E-state index in [1.54, 1.807) is 6.20 Å². The first-order chi connectivity index (χ1) is 8.60. The molecule has 0 aliphatic carbocycles. The third-order valence-corrected chi connectivity index (χ3v) is 2.77. The molecule has 1 aromatic heterocycles. The van der Waals surface area contributed by atoms with Crippen LogP contribution in [0.15, 0.2) is 30.6 Å². The van der Waals surface area contributed by atoms with Crippen molar-refractivity contribution < 1.29 is 0 Å². The molecule has 0 saturated carbocycles. The predicted molar refractivity (Wildman–Crippen MR) is 71.8 cm³/mol. The molecule has 2 rings (SSSR count). The molecule has 0 amide bonds. The average Bonchev–Trinajstić information content (AvgIpc) is 2.78. The summed E-state index contributed by atoms with van der Waals surface area (Å²) in [4.78, 5) is 0. The minimum Gasteiger partial charge on any atom is -0.353 e. The molecule has 0 saturated heterocycles. The first-order valence-electron chi connectivity index (χ1n) is 5.92. The van der Waals surface area contributed by atoms with Crippen LogP contribution in [-0.2, 0) is 0 Å². The van der Waals surface area contributed by atoms with Gasteiger partial charge in [-0.3, -0.25) is 4.68 Å². The lowest BCUT2D eigenvalue weighted by atomic mass is 10.1. The lowest BCUT2D eigenvalue weighted by Crippen LogP contribution is -1.99. The molecule has 4 nitrogen and oxygen atoms in total. The number of rotatable bonds is 3. The summed E-state index contributed by atoms with van der Waals surface area (Å²) in [6.45, 7) is 6.10. The second-order valence-corrected chi connectivity index (χ2v) is 4.57. The van der Waals surface area contributed by atoms with Gasteiger partial charge in [-0.2, -0.15) is 10.4 Å². The molecule has 0 radical (unpaired) electrons. The number of aryl methyl sites for hydroxylation is 1. The maximum absolute atomic E-state index is 8.88. The monoisotopic (exact) mass is 240 g/mol. The van der Waals surface area contributed by atoms with Gasteiger partial charge in [0.1, 0.15) is 0 Å². The van der Waals surface area contributed by atoms with Gasteiger partial charge in [0, 0.05) is 17.9 Å². The van der Waals surface area contributed by atoms with Crippen LogP contribution in [0.3, 0.4) is 0 Å². The van der Waals surface area contributed by atoms with Crippen molar-refractivity contribution in [1.29, 1.82) is 5.26 Å². The van der Waals surface area contributed by atoms with E-state index in [1.165, 1.54) is 0 Å². The fourth-order valence-electron chi connectivity index (χ4n) is 1.72. The maximum Gasteiger partial charge on any atom is 0.0994 e. The Morgan fingerprint density at radius 2 is 2.11 bits per heavy atom. The third-order valence-electron chi connectivity index (χ3n) is 2.77. The van der Waals surface area contributed by atoms with E-state index in [9.17, 15) is 0 Å². The van der Waals surface area contributed by atoms with Gasteiger partial charge in [0.05, 0.1) is 23.5 Å². The smallest absolute Gasteiger partial charge is 0.0994 e. The second-order valence-electron chi connectivity index (χ2n) is 4.57. The molecule has 4 heteroatoms. The molecule has 1 N–H and O–H groups in total. The van der Waals surface area contributed by atoms with Crippen LogP contribution in [0.4, 0.5) is 11.4 Å². The Kier molecular flexibility index (Phi) is 3.33. The minimum absolute atomic E-state index is 0.350. The van der Waals surface area contributed by atoms with E-state index in [0.29, 0.717) is 11.6 Å². The Labute approximate surface area is 107 Å². The van der Waals surface area contributed by atoms with Crippen LogP contribution in [0.25, 0.3) is 0 Å². The lowest BCUT2D eigenvalue weighted by Gasteiger charge is -2.06. The van der Waals surface area contributed by atoms with Gasteiger partial charge < -0.3 is 5.32 Å². The van der Waals surface area contributed by atoms with Crippen LogP contribution >= 0.6 is 0 Å². The van der Waals surface area contributed by atoms with Gasteiger partial charge in [-0.15, -0.1) is 0 Å². The summed E-state index contributed by atoms with van der Waals surface area (Å²) in [6.07, 6.45) is 3.77. The molecule has 2 aromatic rings. The zero-order valence-corrected chi connectivity index (χ0v) is 10.8. The predicted octanol–water partition coefficient (Wildman–Crippen LogP) is 3.39. The van der Waals surface area contributed by atoms with E-state index in [4.69, 9.17) is 5.26 Å². The van der Waals surface area contributed by atoms with Gasteiger partial charge >= 0.3 is 0 Å². The molecule has 0 aliphatic rings. The molecule has 18 heavy (non-hydrogen) atoms. The van der Waals surface area contributed by atoms with E-state index in [-0.39, 0.29) is 0 Å². The molecular formula is C14H16N4. The zero-order valence-electron chi connectivity index (χ0n) is 10.8. The van der Waals surface area contributed by atoms with Gasteiger partial charge in [0.15, 0.2) is 0 Å². The van der Waals surface area contributed by atoms with Crippen LogP contribution in [0, 0.1) is 18.3 Å². The van der Waals surface area contributed by atoms with Gasteiger partial charge in [-0.1, -0.05) is 0 Å². The first-order valence-corrected chi connectivity index (χ1v) is 5.92. The summed E-state index contributed by atoms with van der Waals surface area (Å²) in [5.41, 5.74) is 3.60. The number of nitriles is 1. The summed E-state index contributed by atoms with van der Waals surface area (Å²) >= 11 is 0. The zero-order chi connectivity index (χ0) is 13.1. The van der Waals surface area contributed by atoms with Crippen LogP contribution in [0.2, 0.25) is 0 Å². The van der Waals surface area contributed by atoms with Crippen LogP contribution in [0.1, 0.15) is 31.0 Å². The Morgan fingerprint density at radius 3 is 2.67 bits per heavy atom. The number of anilines is 2. The van der Waals surface area contributed by atoms with E-state index >= 15 is 0 Å². The number of hydrogen-bond acceptors (Lipinski definition) is 3. The molecule has 0 fully saturated rings. The largest absolute Gasteiger partial charge is 0.353 e. The third kappa shape index (κ3) is 2.51. The van der Waals surface area contributed by atoms with Gasteiger partial charge in [-0.25, -0.2) is 0 Å². The van der Waals surface area contributed by atoms with Crippen molar-refractivity contribution in [1.82, 2.24) is 9.78 Å². The van der Waals surface area contributed by atoms with Crippen molar-refractivity contribution in [3.63, 3.8) is 0 Å². The highest BCUT2D eigenvalue weighted by molar-refractivity contribution is 5.60. The molecule has 0 unspecified atom stereocenters. The molecule has 0 bridgehead atoms. The number of aromatic nitrogens is 2. The van der Waals surface area contributed by atoms with Gasteiger partial charge in [0.25, 0.3) is 0 Å². The SMILES string of the molecule is Cc1cc(Nc2cnn(C(C)C)c2)ccc1C#N. The topological polar surface area (TPSA) is 53.6 Å². The van der Waals surface area contributed by atoms with Crippen molar-refractivity contribution >= 4 is 11.4 Å². The van der Waals surface area contributed by atoms with Gasteiger partial charge in [0.2, 0.25) is 0 Å². The molecule has 1 heterocycles. The Hall–Kier alpha value is -2.28. The van der Waals surface area contributed by atoms with Crippen LogP contribution < -0.4 is 5.32 Å². The van der Waals surface area contributed by atoms with Crippen molar-refractivity contribution in [2.45, 2.75) is 26.8 Å². The Bertz CT molecular complexity index is 590. The minimum atomic E-state index is 0.350. The molecule has 0 atom stereocenters.